The molecule has 0 bridgehead atoms. The van der Waals surface area contributed by atoms with E-state index in [0.717, 1.165) is 11.1 Å². The van der Waals surface area contributed by atoms with E-state index in [9.17, 15) is 22.4 Å². The summed E-state index contributed by atoms with van der Waals surface area (Å²) in [6.07, 6.45) is -4.55. The maximum absolute atomic E-state index is 13.6. The van der Waals surface area contributed by atoms with Gasteiger partial charge >= 0.3 is 6.18 Å². The number of ether oxygens (including phenoxy) is 2. The van der Waals surface area contributed by atoms with Crippen LogP contribution in [0.3, 0.4) is 0 Å². The summed E-state index contributed by atoms with van der Waals surface area (Å²) < 4.78 is 63.1. The van der Waals surface area contributed by atoms with Crippen molar-refractivity contribution < 1.29 is 31.8 Å². The molecule has 0 spiro atoms. The predicted molar refractivity (Wildman–Crippen MR) is 102 cm³/mol. The van der Waals surface area contributed by atoms with Crippen LogP contribution in [0.5, 0.6) is 11.5 Å². The van der Waals surface area contributed by atoms with Crippen LogP contribution in [0.25, 0.3) is 0 Å². The fraction of sp³-hybridized carbons (Fsp3) is 0.333. The number of methoxy groups -OCH3 is 2. The van der Waals surface area contributed by atoms with Gasteiger partial charge in [-0.1, -0.05) is 0 Å². The minimum Gasteiger partial charge on any atom is -0.493 e. The molecule has 0 atom stereocenters. The molecule has 1 aliphatic rings. The summed E-state index contributed by atoms with van der Waals surface area (Å²) in [5, 5.41) is 5.49. The van der Waals surface area contributed by atoms with Gasteiger partial charge in [-0.25, -0.2) is 9.40 Å². The summed E-state index contributed by atoms with van der Waals surface area (Å²) in [5.74, 6) is -1.18. The molecule has 0 radical (unpaired) electrons. The molecule has 3 rings (SSSR count). The minimum absolute atomic E-state index is 0.297. The lowest BCUT2D eigenvalue weighted by Gasteiger charge is -2.28. The second-order valence-corrected chi connectivity index (χ2v) is 7.42. The number of hydrogen-bond acceptors (Lipinski definition) is 4. The Bertz CT molecular complexity index is 1020. The van der Waals surface area contributed by atoms with Crippen LogP contribution in [0.1, 0.15) is 41.8 Å². The van der Waals surface area contributed by atoms with Gasteiger partial charge in [0.25, 0.3) is 5.91 Å². The topological polar surface area (TPSA) is 51.1 Å². The summed E-state index contributed by atoms with van der Waals surface area (Å²) in [6, 6.07) is 7.33. The van der Waals surface area contributed by atoms with Crippen molar-refractivity contribution in [3.63, 3.8) is 0 Å². The van der Waals surface area contributed by atoms with Gasteiger partial charge in [-0.05, 0) is 50.2 Å². The molecule has 1 aliphatic heterocycles. The molecule has 2 aromatic rings. The summed E-state index contributed by atoms with van der Waals surface area (Å²) in [6.45, 7) is 3.49. The van der Waals surface area contributed by atoms with Gasteiger partial charge in [0.15, 0.2) is 11.5 Å². The highest BCUT2D eigenvalue weighted by molar-refractivity contribution is 6.05. The Balaban J connectivity index is 1.98. The lowest BCUT2D eigenvalue weighted by Crippen LogP contribution is -2.40. The standard InChI is InChI=1S/C21H20F4N2O3/c1-20(2)11-16(12-6-8-17(29-3)18(10-12)30-4)26-27(20)19(28)13-5-7-15(22)14(9-13)21(23,24)25/h5-10H,11H2,1-4H3. The molecule has 5 nitrogen and oxygen atoms in total. The molecule has 0 aliphatic carbocycles. The highest BCUT2D eigenvalue weighted by Crippen LogP contribution is 2.36. The third-order valence-corrected chi connectivity index (χ3v) is 4.82. The van der Waals surface area contributed by atoms with Crippen molar-refractivity contribution in [2.75, 3.05) is 14.2 Å². The lowest BCUT2D eigenvalue weighted by molar-refractivity contribution is -0.140. The number of amides is 1. The first-order valence-electron chi connectivity index (χ1n) is 8.99. The average molecular weight is 424 g/mol. The molecular weight excluding hydrogens is 404 g/mol. The first kappa shape index (κ1) is 21.6. The van der Waals surface area contributed by atoms with Crippen LogP contribution in [0.4, 0.5) is 17.6 Å². The highest BCUT2D eigenvalue weighted by Gasteiger charge is 2.40. The fourth-order valence-corrected chi connectivity index (χ4v) is 3.27. The van der Waals surface area contributed by atoms with Gasteiger partial charge in [-0.15, -0.1) is 0 Å². The number of benzene rings is 2. The van der Waals surface area contributed by atoms with Crippen molar-refractivity contribution in [1.82, 2.24) is 5.01 Å². The molecule has 2 aromatic carbocycles. The van der Waals surface area contributed by atoms with Crippen molar-refractivity contribution in [2.45, 2.75) is 32.0 Å². The van der Waals surface area contributed by atoms with Crippen molar-refractivity contribution in [3.05, 3.63) is 58.9 Å². The Morgan fingerprint density at radius 1 is 1.07 bits per heavy atom. The van der Waals surface area contributed by atoms with Gasteiger partial charge in [0.05, 0.1) is 31.0 Å². The first-order chi connectivity index (χ1) is 14.0. The summed E-state index contributed by atoms with van der Waals surface area (Å²) in [4.78, 5) is 12.9. The SMILES string of the molecule is COc1ccc(C2=NN(C(=O)c3ccc(F)c(C(F)(F)F)c3)C(C)(C)C2)cc1OC. The molecule has 0 fully saturated rings. The zero-order valence-corrected chi connectivity index (χ0v) is 16.8. The summed E-state index contributed by atoms with van der Waals surface area (Å²) in [7, 11) is 3.00. The van der Waals surface area contributed by atoms with Crippen molar-refractivity contribution in [3.8, 4) is 11.5 Å². The zero-order chi connectivity index (χ0) is 22.3. The molecule has 0 aromatic heterocycles. The molecule has 0 N–H and O–H groups in total. The molecule has 0 unspecified atom stereocenters. The van der Waals surface area contributed by atoms with Crippen LogP contribution < -0.4 is 9.47 Å². The molecular formula is C21H20F4N2O3. The van der Waals surface area contributed by atoms with Crippen LogP contribution in [-0.4, -0.2) is 36.4 Å². The van der Waals surface area contributed by atoms with E-state index in [1.165, 1.54) is 14.2 Å². The largest absolute Gasteiger partial charge is 0.493 e. The smallest absolute Gasteiger partial charge is 0.419 e. The number of hydrogen-bond donors (Lipinski definition) is 0. The first-order valence-corrected chi connectivity index (χ1v) is 8.99. The van der Waals surface area contributed by atoms with E-state index >= 15 is 0 Å². The van der Waals surface area contributed by atoms with Gasteiger partial charge in [-0.3, -0.25) is 4.79 Å². The number of nitrogens with zero attached hydrogens (tertiary/aromatic N) is 2. The summed E-state index contributed by atoms with van der Waals surface area (Å²) in [5.41, 5.74) is -1.34. The van der Waals surface area contributed by atoms with Gasteiger partial charge in [-0.2, -0.15) is 18.3 Å². The van der Waals surface area contributed by atoms with Gasteiger partial charge in [0, 0.05) is 17.5 Å². The number of hydrazone groups is 1. The van der Waals surface area contributed by atoms with Crippen molar-refractivity contribution in [1.29, 1.82) is 0 Å². The maximum Gasteiger partial charge on any atom is 0.419 e. The van der Waals surface area contributed by atoms with Gasteiger partial charge in [0.2, 0.25) is 0 Å². The quantitative estimate of drug-likeness (QED) is 0.657. The third kappa shape index (κ3) is 3.96. The highest BCUT2D eigenvalue weighted by atomic mass is 19.4. The van der Waals surface area contributed by atoms with Gasteiger partial charge < -0.3 is 9.47 Å². The Hall–Kier alpha value is -3.10. The summed E-state index contributed by atoms with van der Waals surface area (Å²) >= 11 is 0. The second kappa shape index (κ2) is 7.62. The van der Waals surface area contributed by atoms with Crippen LogP contribution >= 0.6 is 0 Å². The lowest BCUT2D eigenvalue weighted by atomic mass is 9.94. The van der Waals surface area contributed by atoms with Crippen molar-refractivity contribution in [2.24, 2.45) is 5.10 Å². The van der Waals surface area contributed by atoms with Crippen LogP contribution in [0.2, 0.25) is 0 Å². The number of rotatable bonds is 4. The Morgan fingerprint density at radius 2 is 1.73 bits per heavy atom. The van der Waals surface area contributed by atoms with E-state index < -0.39 is 29.0 Å². The molecule has 160 valence electrons. The third-order valence-electron chi connectivity index (χ3n) is 4.82. The van der Waals surface area contributed by atoms with Crippen LogP contribution in [0, 0.1) is 5.82 Å². The Kier molecular flexibility index (Phi) is 5.49. The zero-order valence-electron chi connectivity index (χ0n) is 16.8. The Labute approximate surface area is 170 Å². The average Bonchev–Trinajstić information content (AvgIpc) is 3.01. The van der Waals surface area contributed by atoms with Crippen LogP contribution in [0.15, 0.2) is 41.5 Å². The monoisotopic (exact) mass is 424 g/mol. The van der Waals surface area contributed by atoms with E-state index in [1.54, 1.807) is 32.0 Å². The number of alkyl halides is 3. The van der Waals surface area contributed by atoms with E-state index in [0.29, 0.717) is 41.3 Å². The van der Waals surface area contributed by atoms with E-state index in [-0.39, 0.29) is 5.56 Å². The van der Waals surface area contributed by atoms with E-state index in [1.807, 2.05) is 0 Å². The molecule has 1 heterocycles. The normalized spacial score (nSPS) is 15.7. The number of carbonyl (C=O) groups excluding carboxylic acids is 1. The molecule has 0 saturated heterocycles. The molecule has 0 saturated carbocycles. The predicted octanol–water partition coefficient (Wildman–Crippen LogP) is 4.89. The minimum atomic E-state index is -4.91. The number of halogens is 4. The maximum atomic E-state index is 13.6. The van der Waals surface area contributed by atoms with E-state index in [2.05, 4.69) is 5.10 Å². The fourth-order valence-electron chi connectivity index (χ4n) is 3.27. The molecule has 9 heteroatoms. The Morgan fingerprint density at radius 3 is 2.33 bits per heavy atom. The van der Waals surface area contributed by atoms with Crippen LogP contribution in [-0.2, 0) is 6.18 Å². The van der Waals surface area contributed by atoms with E-state index in [4.69, 9.17) is 9.47 Å². The van der Waals surface area contributed by atoms with Crippen molar-refractivity contribution >= 4 is 11.6 Å². The number of carbonyl (C=O) groups is 1. The second-order valence-electron chi connectivity index (χ2n) is 7.42. The molecule has 1 amide bonds. The van der Waals surface area contributed by atoms with Gasteiger partial charge in [0.1, 0.15) is 5.82 Å². The molecule has 30 heavy (non-hydrogen) atoms.